The number of piperidine rings is 1. The molecule has 0 saturated carbocycles. The number of primary sulfonamides is 1. The fraction of sp³-hybridized carbons (Fsp3) is 0.348. The first-order valence-electron chi connectivity index (χ1n) is 11.3. The van der Waals surface area contributed by atoms with Gasteiger partial charge in [-0.2, -0.15) is 4.98 Å². The van der Waals surface area contributed by atoms with E-state index in [-0.39, 0.29) is 16.9 Å². The van der Waals surface area contributed by atoms with Crippen LogP contribution >= 0.6 is 0 Å². The molecular formula is C23H25N7O4S. The molecule has 5 rings (SSSR count). The average Bonchev–Trinajstić information content (AvgIpc) is 3.35. The van der Waals surface area contributed by atoms with Crippen LogP contribution in [0.25, 0.3) is 22.2 Å². The van der Waals surface area contributed by atoms with Gasteiger partial charge in [0.1, 0.15) is 17.9 Å². The van der Waals surface area contributed by atoms with Gasteiger partial charge >= 0.3 is 6.01 Å². The highest BCUT2D eigenvalue weighted by Gasteiger charge is 2.26. The molecule has 0 spiro atoms. The molecule has 0 radical (unpaired) electrons. The molecule has 1 fully saturated rings. The molecule has 1 saturated heterocycles. The van der Waals surface area contributed by atoms with Crippen LogP contribution in [0.1, 0.15) is 38.4 Å². The van der Waals surface area contributed by atoms with Gasteiger partial charge in [0.15, 0.2) is 5.82 Å². The molecule has 1 aliphatic rings. The first-order chi connectivity index (χ1) is 16.8. The molecule has 182 valence electrons. The van der Waals surface area contributed by atoms with Crippen molar-refractivity contribution in [3.63, 3.8) is 0 Å². The molecule has 0 aliphatic carbocycles. The van der Waals surface area contributed by atoms with Crippen LogP contribution in [0.5, 0.6) is 5.88 Å². The lowest BCUT2D eigenvalue weighted by atomic mass is 10.1. The molecule has 4 heterocycles. The molecule has 35 heavy (non-hydrogen) atoms. The first kappa shape index (κ1) is 23.1. The van der Waals surface area contributed by atoms with Crippen molar-refractivity contribution in [3.05, 3.63) is 48.7 Å². The fourth-order valence-electron chi connectivity index (χ4n) is 4.08. The highest BCUT2D eigenvalue weighted by molar-refractivity contribution is 7.89. The Morgan fingerprint density at radius 3 is 2.60 bits per heavy atom. The van der Waals surface area contributed by atoms with E-state index in [1.807, 2.05) is 13.8 Å². The highest BCUT2D eigenvalue weighted by Crippen LogP contribution is 2.33. The number of nitrogens with two attached hydrogens (primary N) is 1. The summed E-state index contributed by atoms with van der Waals surface area (Å²) in [4.78, 5) is 19.6. The summed E-state index contributed by atoms with van der Waals surface area (Å²) >= 11 is 0. The van der Waals surface area contributed by atoms with Crippen LogP contribution in [-0.4, -0.2) is 52.7 Å². The van der Waals surface area contributed by atoms with Gasteiger partial charge in [-0.3, -0.25) is 4.98 Å². The van der Waals surface area contributed by atoms with E-state index >= 15 is 0 Å². The molecular weight excluding hydrogens is 470 g/mol. The summed E-state index contributed by atoms with van der Waals surface area (Å²) in [7, 11) is -3.95. The van der Waals surface area contributed by atoms with Gasteiger partial charge in [-0.1, -0.05) is 37.2 Å². The zero-order valence-corrected chi connectivity index (χ0v) is 20.1. The zero-order chi connectivity index (χ0) is 24.6. The van der Waals surface area contributed by atoms with Crippen molar-refractivity contribution in [2.45, 2.75) is 43.6 Å². The number of fused-ring (bicyclic) bond motifs is 1. The number of aromatic nitrogens is 5. The Kier molecular flexibility index (Phi) is 6.07. The van der Waals surface area contributed by atoms with Gasteiger partial charge < -0.3 is 14.2 Å². The Balaban J connectivity index is 1.39. The van der Waals surface area contributed by atoms with Crippen LogP contribution in [0.4, 0.5) is 6.01 Å². The number of benzene rings is 1. The molecule has 0 unspecified atom stereocenters. The lowest BCUT2D eigenvalue weighted by molar-refractivity contribution is 0.164. The summed E-state index contributed by atoms with van der Waals surface area (Å²) in [5.74, 6) is 1.32. The Hall–Kier alpha value is -3.64. The number of ether oxygens (including phenoxy) is 1. The second-order valence-electron chi connectivity index (χ2n) is 8.67. The van der Waals surface area contributed by atoms with Crippen molar-refractivity contribution >= 4 is 26.9 Å². The van der Waals surface area contributed by atoms with E-state index in [9.17, 15) is 8.42 Å². The largest absolute Gasteiger partial charge is 0.474 e. The molecule has 0 atom stereocenters. The third-order valence-corrected chi connectivity index (χ3v) is 6.87. The van der Waals surface area contributed by atoms with E-state index in [0.717, 1.165) is 12.8 Å². The SMILES string of the molecule is CC(C)c1noc(N2CCC(Oc3ncnc4c(-c5ccccc5S(N)(=O)=O)nccc34)CC2)n1. The second-order valence-corrected chi connectivity index (χ2v) is 10.2. The van der Waals surface area contributed by atoms with Gasteiger partial charge in [-0.25, -0.2) is 23.5 Å². The monoisotopic (exact) mass is 495 g/mol. The van der Waals surface area contributed by atoms with E-state index in [0.29, 0.717) is 53.0 Å². The molecule has 4 aromatic rings. The number of hydrogen-bond donors (Lipinski definition) is 1. The minimum absolute atomic E-state index is 0.0184. The van der Waals surface area contributed by atoms with E-state index in [2.05, 4.69) is 30.0 Å². The third-order valence-electron chi connectivity index (χ3n) is 5.90. The number of pyridine rings is 1. The lowest BCUT2D eigenvalue weighted by Gasteiger charge is -2.30. The quantitative estimate of drug-likeness (QED) is 0.423. The molecule has 11 nitrogen and oxygen atoms in total. The van der Waals surface area contributed by atoms with Gasteiger partial charge in [0.05, 0.1) is 16.0 Å². The number of anilines is 1. The van der Waals surface area contributed by atoms with E-state index < -0.39 is 10.0 Å². The van der Waals surface area contributed by atoms with Crippen molar-refractivity contribution in [2.24, 2.45) is 5.14 Å². The molecule has 3 aromatic heterocycles. The van der Waals surface area contributed by atoms with Crippen LogP contribution in [0.15, 0.2) is 52.3 Å². The van der Waals surface area contributed by atoms with Gasteiger partial charge in [-0.15, -0.1) is 0 Å². The topological polar surface area (TPSA) is 150 Å². The standard InChI is InChI=1S/C23H25N7O4S/c1-14(2)21-28-23(34-29-21)30-11-8-15(9-12-30)33-22-17-7-10-25-19(20(17)26-13-27-22)16-5-3-4-6-18(16)35(24,31)32/h3-7,10,13-15H,8-9,11-12H2,1-2H3,(H2,24,31,32). The Bertz CT molecular complexity index is 1460. The summed E-state index contributed by atoms with van der Waals surface area (Å²) in [6, 6.07) is 8.73. The number of hydrogen-bond acceptors (Lipinski definition) is 10. The maximum Gasteiger partial charge on any atom is 0.324 e. The maximum atomic E-state index is 12.1. The van der Waals surface area contributed by atoms with Gasteiger partial charge in [0.2, 0.25) is 15.9 Å². The van der Waals surface area contributed by atoms with Crippen molar-refractivity contribution in [2.75, 3.05) is 18.0 Å². The number of sulfonamides is 1. The van der Waals surface area contributed by atoms with Crippen LogP contribution in [0.2, 0.25) is 0 Å². The molecule has 1 aliphatic heterocycles. The lowest BCUT2D eigenvalue weighted by Crippen LogP contribution is -2.38. The Morgan fingerprint density at radius 2 is 1.89 bits per heavy atom. The minimum atomic E-state index is -3.95. The summed E-state index contributed by atoms with van der Waals surface area (Å²) < 4.78 is 35.9. The maximum absolute atomic E-state index is 12.1. The average molecular weight is 496 g/mol. The molecule has 1 aromatic carbocycles. The Morgan fingerprint density at radius 1 is 1.11 bits per heavy atom. The number of nitrogens with zero attached hydrogens (tertiary/aromatic N) is 6. The van der Waals surface area contributed by atoms with Gasteiger partial charge in [-0.05, 0) is 12.1 Å². The van der Waals surface area contributed by atoms with E-state index in [1.165, 1.54) is 12.4 Å². The van der Waals surface area contributed by atoms with Crippen LogP contribution in [-0.2, 0) is 10.0 Å². The van der Waals surface area contributed by atoms with Crippen molar-refractivity contribution in [1.82, 2.24) is 25.1 Å². The highest BCUT2D eigenvalue weighted by atomic mass is 32.2. The second kappa shape index (κ2) is 9.19. The van der Waals surface area contributed by atoms with Crippen LogP contribution in [0.3, 0.4) is 0 Å². The first-order valence-corrected chi connectivity index (χ1v) is 12.8. The molecule has 12 heteroatoms. The van der Waals surface area contributed by atoms with Crippen molar-refractivity contribution < 1.29 is 17.7 Å². The van der Waals surface area contributed by atoms with Crippen LogP contribution in [0, 0.1) is 0 Å². The predicted molar refractivity (Wildman–Crippen MR) is 128 cm³/mol. The summed E-state index contributed by atoms with van der Waals surface area (Å²) in [5.41, 5.74) is 1.25. The molecule has 0 bridgehead atoms. The zero-order valence-electron chi connectivity index (χ0n) is 19.3. The van der Waals surface area contributed by atoms with Gasteiger partial charge in [0.25, 0.3) is 0 Å². The Labute approximate surface area is 202 Å². The minimum Gasteiger partial charge on any atom is -0.474 e. The van der Waals surface area contributed by atoms with E-state index in [1.54, 1.807) is 30.5 Å². The van der Waals surface area contributed by atoms with E-state index in [4.69, 9.17) is 14.4 Å². The van der Waals surface area contributed by atoms with Crippen molar-refractivity contribution in [3.8, 4) is 17.1 Å². The van der Waals surface area contributed by atoms with Crippen molar-refractivity contribution in [1.29, 1.82) is 0 Å². The molecule has 0 amide bonds. The third kappa shape index (κ3) is 4.66. The predicted octanol–water partition coefficient (Wildman–Crippen LogP) is 2.89. The summed E-state index contributed by atoms with van der Waals surface area (Å²) in [6.07, 6.45) is 4.40. The van der Waals surface area contributed by atoms with Gasteiger partial charge in [0, 0.05) is 43.6 Å². The smallest absolute Gasteiger partial charge is 0.324 e. The number of rotatable bonds is 6. The van der Waals surface area contributed by atoms with Crippen LogP contribution < -0.4 is 14.8 Å². The molecule has 2 N–H and O–H groups in total. The summed E-state index contributed by atoms with van der Waals surface area (Å²) in [5, 5.41) is 10.1. The summed E-state index contributed by atoms with van der Waals surface area (Å²) in [6.45, 7) is 5.47. The normalized spacial score (nSPS) is 15.1. The fourth-order valence-corrected chi connectivity index (χ4v) is 4.82.